The van der Waals surface area contributed by atoms with E-state index in [1.54, 1.807) is 7.11 Å². The first-order chi connectivity index (χ1) is 7.74. The molecule has 0 atom stereocenters. The van der Waals surface area contributed by atoms with E-state index in [-0.39, 0.29) is 0 Å². The van der Waals surface area contributed by atoms with Crippen LogP contribution in [0.15, 0.2) is 0 Å². The van der Waals surface area contributed by atoms with Gasteiger partial charge in [0.1, 0.15) is 0 Å². The second-order valence-corrected chi connectivity index (χ2v) is 4.77. The molecule has 0 saturated carbocycles. The Kier molecular flexibility index (Phi) is 10.0. The van der Waals surface area contributed by atoms with Crippen LogP contribution in [-0.4, -0.2) is 38.3 Å². The van der Waals surface area contributed by atoms with Crippen LogP contribution in [-0.2, 0) is 4.74 Å². The Balaban J connectivity index is 0.00000106. The van der Waals surface area contributed by atoms with E-state index in [4.69, 9.17) is 4.74 Å². The zero-order valence-corrected chi connectivity index (χ0v) is 12.0. The fourth-order valence-electron chi connectivity index (χ4n) is 2.28. The predicted molar refractivity (Wildman–Crippen MR) is 71.8 cm³/mol. The Morgan fingerprint density at radius 3 is 2.19 bits per heavy atom. The summed E-state index contributed by atoms with van der Waals surface area (Å²) < 4.78 is 5.07. The number of rotatable bonds is 5. The molecule has 1 rings (SSSR count). The van der Waals surface area contributed by atoms with Crippen molar-refractivity contribution in [3.05, 3.63) is 0 Å². The Labute approximate surface area is 102 Å². The summed E-state index contributed by atoms with van der Waals surface area (Å²) >= 11 is 0. The molecule has 0 amide bonds. The molecule has 16 heavy (non-hydrogen) atoms. The van der Waals surface area contributed by atoms with Crippen LogP contribution in [0.4, 0.5) is 0 Å². The van der Waals surface area contributed by atoms with Crippen molar-refractivity contribution in [3.63, 3.8) is 0 Å². The molecule has 0 bridgehead atoms. The van der Waals surface area contributed by atoms with Crippen LogP contribution in [0.1, 0.15) is 47.0 Å². The van der Waals surface area contributed by atoms with Gasteiger partial charge in [0.2, 0.25) is 0 Å². The normalized spacial score (nSPS) is 18.4. The van der Waals surface area contributed by atoms with Crippen molar-refractivity contribution in [1.82, 2.24) is 4.90 Å². The monoisotopic (exact) mass is 229 g/mol. The Morgan fingerprint density at radius 2 is 1.75 bits per heavy atom. The van der Waals surface area contributed by atoms with Gasteiger partial charge in [0.25, 0.3) is 0 Å². The molecule has 0 unspecified atom stereocenters. The lowest BCUT2D eigenvalue weighted by Crippen LogP contribution is -2.36. The highest BCUT2D eigenvalue weighted by molar-refractivity contribution is 4.73. The van der Waals surface area contributed by atoms with Crippen molar-refractivity contribution in [2.75, 3.05) is 33.4 Å². The smallest absolute Gasteiger partial charge is 0.0474 e. The summed E-state index contributed by atoms with van der Waals surface area (Å²) in [6.45, 7) is 13.4. The van der Waals surface area contributed by atoms with Gasteiger partial charge in [-0.3, -0.25) is 0 Å². The lowest BCUT2D eigenvalue weighted by Gasteiger charge is -2.33. The topological polar surface area (TPSA) is 12.5 Å². The van der Waals surface area contributed by atoms with Gasteiger partial charge in [-0.15, -0.1) is 0 Å². The lowest BCUT2D eigenvalue weighted by molar-refractivity contribution is 0.133. The second-order valence-electron chi connectivity index (χ2n) is 4.77. The van der Waals surface area contributed by atoms with E-state index >= 15 is 0 Å². The average Bonchev–Trinajstić information content (AvgIpc) is 2.33. The van der Waals surface area contributed by atoms with Gasteiger partial charge in [-0.2, -0.15) is 0 Å². The molecule has 1 heterocycles. The molecule has 0 radical (unpaired) electrons. The zero-order chi connectivity index (χ0) is 12.4. The van der Waals surface area contributed by atoms with Gasteiger partial charge in [-0.05, 0) is 44.2 Å². The summed E-state index contributed by atoms with van der Waals surface area (Å²) in [6, 6.07) is 0. The highest BCUT2D eigenvalue weighted by Crippen LogP contribution is 2.24. The highest BCUT2D eigenvalue weighted by Gasteiger charge is 2.20. The molecule has 1 fully saturated rings. The van der Waals surface area contributed by atoms with Gasteiger partial charge in [0.15, 0.2) is 0 Å². The number of hydrogen-bond acceptors (Lipinski definition) is 2. The maximum Gasteiger partial charge on any atom is 0.0474 e. The lowest BCUT2D eigenvalue weighted by atomic mass is 9.87. The molecule has 0 aromatic rings. The number of nitrogens with zero attached hydrogens (tertiary/aromatic N) is 1. The number of methoxy groups -OCH3 is 1. The standard InChI is InChI=1S/C12H25NO.C2H6/c1-11(2)12-5-8-13(9-6-12)7-4-10-14-3;1-2/h11-12H,4-10H2,1-3H3;1-2H3. The second kappa shape index (κ2) is 10.1. The first-order valence-electron chi connectivity index (χ1n) is 6.95. The molecule has 1 saturated heterocycles. The molecule has 0 spiro atoms. The molecule has 98 valence electrons. The minimum atomic E-state index is 0.871. The van der Waals surface area contributed by atoms with Gasteiger partial charge < -0.3 is 9.64 Å². The van der Waals surface area contributed by atoms with Crippen molar-refractivity contribution in [1.29, 1.82) is 0 Å². The van der Waals surface area contributed by atoms with E-state index in [0.29, 0.717) is 0 Å². The quantitative estimate of drug-likeness (QED) is 0.670. The minimum Gasteiger partial charge on any atom is -0.385 e. The maximum absolute atomic E-state index is 5.07. The van der Waals surface area contributed by atoms with Gasteiger partial charge in [-0.1, -0.05) is 27.7 Å². The van der Waals surface area contributed by atoms with E-state index in [2.05, 4.69) is 18.7 Å². The molecular formula is C14H31NO. The fraction of sp³-hybridized carbons (Fsp3) is 1.00. The molecule has 1 aliphatic rings. The molecule has 0 aromatic carbocycles. The summed E-state index contributed by atoms with van der Waals surface area (Å²) in [6.07, 6.45) is 3.97. The average molecular weight is 229 g/mol. The third kappa shape index (κ3) is 6.49. The maximum atomic E-state index is 5.07. The summed E-state index contributed by atoms with van der Waals surface area (Å²) in [5.74, 6) is 1.84. The molecule has 1 aliphatic heterocycles. The minimum absolute atomic E-state index is 0.871. The van der Waals surface area contributed by atoms with Crippen molar-refractivity contribution in [3.8, 4) is 0 Å². The summed E-state index contributed by atoms with van der Waals surface area (Å²) in [5.41, 5.74) is 0. The van der Waals surface area contributed by atoms with Crippen molar-refractivity contribution in [2.45, 2.75) is 47.0 Å². The summed E-state index contributed by atoms with van der Waals surface area (Å²) in [4.78, 5) is 2.58. The number of hydrogen-bond donors (Lipinski definition) is 0. The van der Waals surface area contributed by atoms with E-state index in [1.165, 1.54) is 38.9 Å². The van der Waals surface area contributed by atoms with Crippen molar-refractivity contribution < 1.29 is 4.74 Å². The SMILES string of the molecule is CC.COCCCN1CCC(C(C)C)CC1. The van der Waals surface area contributed by atoms with E-state index in [1.807, 2.05) is 13.8 Å². The third-order valence-electron chi connectivity index (χ3n) is 3.40. The fourth-order valence-corrected chi connectivity index (χ4v) is 2.28. The van der Waals surface area contributed by atoms with Gasteiger partial charge in [0, 0.05) is 20.3 Å². The number of piperidine rings is 1. The van der Waals surface area contributed by atoms with Crippen LogP contribution in [0.25, 0.3) is 0 Å². The molecule has 0 aromatic heterocycles. The summed E-state index contributed by atoms with van der Waals surface area (Å²) in [7, 11) is 1.78. The van der Waals surface area contributed by atoms with E-state index < -0.39 is 0 Å². The molecule has 2 heteroatoms. The Hall–Kier alpha value is -0.0800. The first kappa shape index (κ1) is 15.9. The first-order valence-corrected chi connectivity index (χ1v) is 6.95. The van der Waals surface area contributed by atoms with Crippen LogP contribution in [0.2, 0.25) is 0 Å². The number of ether oxygens (including phenoxy) is 1. The van der Waals surface area contributed by atoms with Crippen molar-refractivity contribution >= 4 is 0 Å². The van der Waals surface area contributed by atoms with Crippen LogP contribution in [0, 0.1) is 11.8 Å². The van der Waals surface area contributed by atoms with Crippen LogP contribution in [0.3, 0.4) is 0 Å². The largest absolute Gasteiger partial charge is 0.385 e. The Bertz CT molecular complexity index is 140. The molecule has 0 aliphatic carbocycles. The molecular weight excluding hydrogens is 198 g/mol. The third-order valence-corrected chi connectivity index (χ3v) is 3.40. The molecule has 2 nitrogen and oxygen atoms in total. The van der Waals surface area contributed by atoms with Crippen LogP contribution in [0.5, 0.6) is 0 Å². The van der Waals surface area contributed by atoms with E-state index in [9.17, 15) is 0 Å². The van der Waals surface area contributed by atoms with Gasteiger partial charge in [-0.25, -0.2) is 0 Å². The predicted octanol–water partition coefficient (Wildman–Crippen LogP) is 3.42. The van der Waals surface area contributed by atoms with Gasteiger partial charge >= 0.3 is 0 Å². The zero-order valence-electron chi connectivity index (χ0n) is 12.0. The van der Waals surface area contributed by atoms with Gasteiger partial charge in [0.05, 0.1) is 0 Å². The number of likely N-dealkylation sites (tertiary alicyclic amines) is 1. The summed E-state index contributed by atoms with van der Waals surface area (Å²) in [5, 5.41) is 0. The van der Waals surface area contributed by atoms with Crippen LogP contribution >= 0.6 is 0 Å². The van der Waals surface area contributed by atoms with Crippen molar-refractivity contribution in [2.24, 2.45) is 11.8 Å². The van der Waals surface area contributed by atoms with Crippen LogP contribution < -0.4 is 0 Å². The molecule has 0 N–H and O–H groups in total. The highest BCUT2D eigenvalue weighted by atomic mass is 16.5. The Morgan fingerprint density at radius 1 is 1.19 bits per heavy atom. The van der Waals surface area contributed by atoms with E-state index in [0.717, 1.165) is 18.4 Å².